The van der Waals surface area contributed by atoms with Gasteiger partial charge in [-0.3, -0.25) is 0 Å². The van der Waals surface area contributed by atoms with Crippen molar-refractivity contribution in [3.05, 3.63) is 35.9 Å². The highest BCUT2D eigenvalue weighted by atomic mass is 32.2. The molecule has 120 valence electrons. The Morgan fingerprint density at radius 2 is 2.18 bits per heavy atom. The minimum atomic E-state index is -4.27. The van der Waals surface area contributed by atoms with Crippen LogP contribution >= 0.6 is 0 Å². The third-order valence-electron chi connectivity index (χ3n) is 3.27. The minimum Gasteiger partial charge on any atom is -0.512 e. The maximum Gasteiger partial charge on any atom is 0.287 e. The number of allylic oxidation sites excluding steroid dienone is 1. The summed E-state index contributed by atoms with van der Waals surface area (Å²) in [5.74, 6) is -1.52. The summed E-state index contributed by atoms with van der Waals surface area (Å²) in [4.78, 5) is -0.557. The topological polar surface area (TPSA) is 105 Å². The summed E-state index contributed by atoms with van der Waals surface area (Å²) in [5, 5.41) is 12.1. The van der Waals surface area contributed by atoms with Crippen molar-refractivity contribution in [3.8, 4) is 0 Å². The molecule has 0 amide bonds. The highest BCUT2D eigenvalue weighted by Gasteiger charge is 2.21. The number of benzene rings is 1. The first-order valence-electron chi connectivity index (χ1n) is 6.82. The second kappa shape index (κ2) is 6.35. The summed E-state index contributed by atoms with van der Waals surface area (Å²) in [6.45, 7) is 1.32. The van der Waals surface area contributed by atoms with Gasteiger partial charge in [0.2, 0.25) is 0 Å². The van der Waals surface area contributed by atoms with Crippen LogP contribution in [0.5, 0.6) is 0 Å². The molecule has 2 rings (SSSR count). The molecule has 8 heteroatoms. The highest BCUT2D eigenvalue weighted by molar-refractivity contribution is 7.90. The van der Waals surface area contributed by atoms with Gasteiger partial charge in [0.15, 0.2) is 0 Å². The molecule has 4 N–H and O–H groups in total. The molecule has 1 aromatic rings. The summed E-state index contributed by atoms with van der Waals surface area (Å²) in [7, 11) is -4.27. The van der Waals surface area contributed by atoms with E-state index in [2.05, 4.69) is 9.71 Å². The number of anilines is 1. The Morgan fingerprint density at radius 3 is 2.68 bits per heavy atom. The first-order chi connectivity index (χ1) is 10.3. The third-order valence-corrected chi connectivity index (χ3v) is 4.61. The fraction of sp³-hybridized carbons (Fsp3) is 0.357. The molecule has 1 fully saturated rings. The molecular formula is C14H18FN3O3S. The summed E-state index contributed by atoms with van der Waals surface area (Å²) < 4.78 is 41.3. The van der Waals surface area contributed by atoms with Crippen LogP contribution in [-0.4, -0.2) is 25.4 Å². The molecule has 1 aromatic carbocycles. The second-order valence-corrected chi connectivity index (χ2v) is 6.77. The first-order valence-corrected chi connectivity index (χ1v) is 8.26. The zero-order chi connectivity index (χ0) is 16.3. The highest BCUT2D eigenvalue weighted by Crippen LogP contribution is 2.26. The zero-order valence-corrected chi connectivity index (χ0v) is 12.9. The molecule has 0 radical (unpaired) electrons. The van der Waals surface area contributed by atoms with Crippen molar-refractivity contribution in [1.82, 2.24) is 0 Å². The van der Waals surface area contributed by atoms with E-state index in [9.17, 15) is 12.8 Å². The van der Waals surface area contributed by atoms with Crippen LogP contribution in [0, 0.1) is 5.82 Å². The van der Waals surface area contributed by atoms with Gasteiger partial charge in [0.25, 0.3) is 10.0 Å². The maximum atomic E-state index is 14.0. The Hall–Kier alpha value is -2.09. The van der Waals surface area contributed by atoms with Crippen LogP contribution in [-0.2, 0) is 10.0 Å². The van der Waals surface area contributed by atoms with Gasteiger partial charge in [-0.25, -0.2) is 4.39 Å². The van der Waals surface area contributed by atoms with Gasteiger partial charge in [-0.15, -0.1) is 4.40 Å². The van der Waals surface area contributed by atoms with E-state index in [4.69, 9.17) is 10.8 Å². The molecule has 1 saturated carbocycles. The van der Waals surface area contributed by atoms with E-state index >= 15 is 0 Å². The lowest BCUT2D eigenvalue weighted by atomic mass is 9.93. The number of aliphatic hydroxyl groups excluding tert-OH is 1. The molecule has 0 unspecified atom stereocenters. The smallest absolute Gasteiger partial charge is 0.287 e. The van der Waals surface area contributed by atoms with Gasteiger partial charge in [-0.1, -0.05) is 0 Å². The van der Waals surface area contributed by atoms with E-state index < -0.39 is 26.6 Å². The van der Waals surface area contributed by atoms with Crippen molar-refractivity contribution in [2.75, 3.05) is 5.32 Å². The van der Waals surface area contributed by atoms with Crippen LogP contribution in [0.3, 0.4) is 0 Å². The molecule has 0 aliphatic heterocycles. The van der Waals surface area contributed by atoms with E-state index in [1.54, 1.807) is 0 Å². The van der Waals surface area contributed by atoms with Crippen molar-refractivity contribution < 1.29 is 17.9 Å². The Morgan fingerprint density at radius 1 is 1.50 bits per heavy atom. The average molecular weight is 327 g/mol. The minimum absolute atomic E-state index is 0.197. The molecule has 0 spiro atoms. The number of rotatable bonds is 5. The summed E-state index contributed by atoms with van der Waals surface area (Å²) in [6.07, 6.45) is 4.16. The lowest BCUT2D eigenvalue weighted by molar-refractivity contribution is 0.415. The quantitative estimate of drug-likeness (QED) is 0.437. The number of hydrogen-bond acceptors (Lipinski definition) is 4. The van der Waals surface area contributed by atoms with Crippen molar-refractivity contribution >= 4 is 21.5 Å². The molecule has 0 heterocycles. The number of amidine groups is 1. The predicted octanol–water partition coefficient (Wildman–Crippen LogP) is 2.30. The Bertz CT molecular complexity index is 721. The molecular weight excluding hydrogens is 309 g/mol. The van der Waals surface area contributed by atoms with Gasteiger partial charge in [0.05, 0.1) is 5.76 Å². The molecule has 0 atom stereocenters. The molecule has 0 aromatic heterocycles. The number of sulfonamides is 1. The summed E-state index contributed by atoms with van der Waals surface area (Å²) in [5.41, 5.74) is 5.90. The van der Waals surface area contributed by atoms with Crippen molar-refractivity contribution in [1.29, 1.82) is 0 Å². The van der Waals surface area contributed by atoms with Gasteiger partial charge >= 0.3 is 0 Å². The van der Waals surface area contributed by atoms with E-state index in [1.165, 1.54) is 13.0 Å². The molecule has 0 saturated heterocycles. The van der Waals surface area contributed by atoms with Crippen LogP contribution in [0.2, 0.25) is 0 Å². The van der Waals surface area contributed by atoms with Crippen LogP contribution in [0.4, 0.5) is 10.1 Å². The normalized spacial score (nSPS) is 17.2. The standard InChI is InChI=1S/C14H18FN3O3S/c1-9(19)7-14(16)18-22(20,21)13-6-5-11(8-12(13)15)17-10-3-2-4-10/h5-8,10,17,19H,2-4H2,1H3,(H2,16,18)/b9-7-. The second-order valence-electron chi connectivity index (χ2n) is 5.19. The Kier molecular flexibility index (Phi) is 4.70. The van der Waals surface area contributed by atoms with Crippen molar-refractivity contribution in [2.45, 2.75) is 37.1 Å². The molecule has 22 heavy (non-hydrogen) atoms. The summed E-state index contributed by atoms with van der Waals surface area (Å²) >= 11 is 0. The van der Waals surface area contributed by atoms with Crippen molar-refractivity contribution in [3.63, 3.8) is 0 Å². The number of aliphatic hydroxyl groups is 1. The molecule has 0 bridgehead atoms. The Balaban J connectivity index is 2.25. The summed E-state index contributed by atoms with van der Waals surface area (Å²) in [6, 6.07) is 4.09. The number of nitrogens with two attached hydrogens (primary N) is 1. The van der Waals surface area contributed by atoms with Crippen LogP contribution in [0.1, 0.15) is 26.2 Å². The number of nitrogens with zero attached hydrogens (tertiary/aromatic N) is 1. The number of nitrogens with one attached hydrogen (secondary N) is 1. The first kappa shape index (κ1) is 16.3. The van der Waals surface area contributed by atoms with Crippen LogP contribution < -0.4 is 11.1 Å². The molecule has 1 aliphatic rings. The van der Waals surface area contributed by atoms with Crippen LogP contribution in [0.15, 0.2) is 39.3 Å². The third kappa shape index (κ3) is 3.97. The van der Waals surface area contributed by atoms with Gasteiger partial charge in [0.1, 0.15) is 16.5 Å². The van der Waals surface area contributed by atoms with Gasteiger partial charge in [-0.2, -0.15) is 8.42 Å². The predicted molar refractivity (Wildman–Crippen MR) is 82.9 cm³/mol. The van der Waals surface area contributed by atoms with E-state index in [0.717, 1.165) is 37.5 Å². The van der Waals surface area contributed by atoms with Crippen molar-refractivity contribution in [2.24, 2.45) is 10.1 Å². The monoisotopic (exact) mass is 327 g/mol. The lowest BCUT2D eigenvalue weighted by Gasteiger charge is -2.27. The van der Waals surface area contributed by atoms with E-state index in [1.807, 2.05) is 0 Å². The van der Waals surface area contributed by atoms with Gasteiger partial charge in [-0.05, 0) is 44.4 Å². The number of halogens is 1. The van der Waals surface area contributed by atoms with E-state index in [0.29, 0.717) is 11.7 Å². The van der Waals surface area contributed by atoms with Crippen LogP contribution in [0.25, 0.3) is 0 Å². The molecule has 1 aliphatic carbocycles. The van der Waals surface area contributed by atoms with E-state index in [-0.39, 0.29) is 5.76 Å². The lowest BCUT2D eigenvalue weighted by Crippen LogP contribution is -2.27. The van der Waals surface area contributed by atoms with Gasteiger partial charge < -0.3 is 16.2 Å². The zero-order valence-electron chi connectivity index (χ0n) is 12.1. The Labute approximate surface area is 128 Å². The maximum absolute atomic E-state index is 14.0. The van der Waals surface area contributed by atoms with Gasteiger partial charge in [0, 0.05) is 17.8 Å². The fourth-order valence-corrected chi connectivity index (χ4v) is 2.99. The largest absolute Gasteiger partial charge is 0.512 e. The SMILES string of the molecule is C/C(O)=C/C(N)=N\S(=O)(=O)c1ccc(NC2CCC2)cc1F. The fourth-order valence-electron chi connectivity index (χ4n) is 2.02. The molecule has 6 nitrogen and oxygen atoms in total. The number of hydrogen-bond donors (Lipinski definition) is 3. The average Bonchev–Trinajstić information content (AvgIpc) is 2.31.